The lowest BCUT2D eigenvalue weighted by Gasteiger charge is -2.23. The van der Waals surface area contributed by atoms with E-state index >= 15 is 0 Å². The number of nitrogens with zero attached hydrogens (tertiary/aromatic N) is 2. The number of carbonyl (C=O) groups excluding carboxylic acids is 1. The molecule has 0 aliphatic carbocycles. The van der Waals surface area contributed by atoms with Gasteiger partial charge in [0.05, 0.1) is 13.0 Å². The Morgan fingerprint density at radius 2 is 1.81 bits per heavy atom. The molecule has 1 aliphatic rings. The third kappa shape index (κ3) is 3.52. The Morgan fingerprint density at radius 3 is 2.62 bits per heavy atom. The first kappa shape index (κ1) is 16.1. The Morgan fingerprint density at radius 1 is 0.962 bits per heavy atom. The minimum atomic E-state index is 0.0129. The number of ether oxygens (including phenoxy) is 2. The zero-order valence-corrected chi connectivity index (χ0v) is 14.2. The van der Waals surface area contributed by atoms with E-state index in [0.717, 1.165) is 22.6 Å². The van der Waals surface area contributed by atoms with Gasteiger partial charge in [-0.05, 0) is 41.5 Å². The van der Waals surface area contributed by atoms with E-state index in [1.807, 2.05) is 60.7 Å². The number of pyridine rings is 1. The van der Waals surface area contributed by atoms with Gasteiger partial charge >= 0.3 is 0 Å². The summed E-state index contributed by atoms with van der Waals surface area (Å²) in [5.41, 5.74) is 2.74. The summed E-state index contributed by atoms with van der Waals surface area (Å²) in [7, 11) is 0. The topological polar surface area (TPSA) is 51.7 Å². The van der Waals surface area contributed by atoms with Crippen LogP contribution in [0.15, 0.2) is 73.1 Å². The molecule has 0 N–H and O–H groups in total. The third-order valence-electron chi connectivity index (χ3n) is 4.22. The monoisotopic (exact) mass is 346 g/mol. The largest absolute Gasteiger partial charge is 0.454 e. The molecule has 1 aromatic heterocycles. The smallest absolute Gasteiger partial charge is 0.231 e. The van der Waals surface area contributed by atoms with Gasteiger partial charge in [0.15, 0.2) is 11.5 Å². The van der Waals surface area contributed by atoms with Crippen molar-refractivity contribution in [3.05, 3.63) is 84.2 Å². The fourth-order valence-electron chi connectivity index (χ4n) is 2.93. The summed E-state index contributed by atoms with van der Waals surface area (Å²) in [5, 5.41) is 0. The maximum atomic E-state index is 13.1. The first-order chi connectivity index (χ1) is 12.8. The molecule has 0 radical (unpaired) electrons. The molecule has 4 rings (SSSR count). The van der Waals surface area contributed by atoms with E-state index < -0.39 is 0 Å². The lowest BCUT2D eigenvalue weighted by Crippen LogP contribution is -2.31. The molecule has 5 nitrogen and oxygen atoms in total. The minimum Gasteiger partial charge on any atom is -0.454 e. The summed E-state index contributed by atoms with van der Waals surface area (Å²) < 4.78 is 10.7. The molecule has 0 atom stereocenters. The van der Waals surface area contributed by atoms with Crippen LogP contribution in [0.1, 0.15) is 11.1 Å². The Bertz CT molecular complexity index is 898. The van der Waals surface area contributed by atoms with Crippen LogP contribution in [0.5, 0.6) is 11.5 Å². The van der Waals surface area contributed by atoms with E-state index in [1.54, 1.807) is 17.3 Å². The molecule has 0 saturated heterocycles. The number of para-hydroxylation sites is 1. The Balaban J connectivity index is 1.57. The van der Waals surface area contributed by atoms with Gasteiger partial charge in [-0.15, -0.1) is 0 Å². The molecular formula is C21H18N2O3. The van der Waals surface area contributed by atoms with E-state index in [9.17, 15) is 4.79 Å². The van der Waals surface area contributed by atoms with E-state index in [0.29, 0.717) is 12.3 Å². The fraction of sp³-hybridized carbons (Fsp3) is 0.143. The van der Waals surface area contributed by atoms with Crippen LogP contribution in [0.3, 0.4) is 0 Å². The summed E-state index contributed by atoms with van der Waals surface area (Å²) >= 11 is 0. The normalized spacial score (nSPS) is 12.0. The second kappa shape index (κ2) is 7.27. The average Bonchev–Trinajstić information content (AvgIpc) is 3.15. The zero-order chi connectivity index (χ0) is 17.8. The van der Waals surface area contributed by atoms with Gasteiger partial charge in [-0.3, -0.25) is 9.78 Å². The average molecular weight is 346 g/mol. The molecule has 26 heavy (non-hydrogen) atoms. The van der Waals surface area contributed by atoms with Crippen LogP contribution in [-0.2, 0) is 17.8 Å². The lowest BCUT2D eigenvalue weighted by atomic mass is 10.1. The highest BCUT2D eigenvalue weighted by Gasteiger charge is 2.19. The number of anilines is 1. The highest BCUT2D eigenvalue weighted by atomic mass is 16.7. The Labute approximate surface area is 151 Å². The first-order valence-corrected chi connectivity index (χ1v) is 8.42. The molecule has 2 aromatic carbocycles. The maximum absolute atomic E-state index is 13.1. The summed E-state index contributed by atoms with van der Waals surface area (Å²) in [6, 6.07) is 19.1. The number of aromatic nitrogens is 1. The molecular weight excluding hydrogens is 328 g/mol. The molecule has 0 fully saturated rings. The van der Waals surface area contributed by atoms with Gasteiger partial charge in [-0.1, -0.05) is 30.3 Å². The quantitative estimate of drug-likeness (QED) is 0.708. The summed E-state index contributed by atoms with van der Waals surface area (Å²) in [6.45, 7) is 0.700. The van der Waals surface area contributed by atoms with Crippen LogP contribution in [0.4, 0.5) is 5.69 Å². The van der Waals surface area contributed by atoms with Crippen LogP contribution in [-0.4, -0.2) is 17.7 Å². The van der Waals surface area contributed by atoms with Crippen LogP contribution in [0, 0.1) is 0 Å². The van der Waals surface area contributed by atoms with E-state index in [2.05, 4.69) is 4.98 Å². The first-order valence-electron chi connectivity index (χ1n) is 8.42. The molecule has 5 heteroatoms. The molecule has 0 unspecified atom stereocenters. The van der Waals surface area contributed by atoms with Crippen molar-refractivity contribution in [2.24, 2.45) is 0 Å². The van der Waals surface area contributed by atoms with Gasteiger partial charge in [0, 0.05) is 18.1 Å². The van der Waals surface area contributed by atoms with Gasteiger partial charge < -0.3 is 14.4 Å². The van der Waals surface area contributed by atoms with Gasteiger partial charge in [0.1, 0.15) is 0 Å². The number of hydrogen-bond acceptors (Lipinski definition) is 4. The maximum Gasteiger partial charge on any atom is 0.231 e. The lowest BCUT2D eigenvalue weighted by molar-refractivity contribution is -0.118. The van der Waals surface area contributed by atoms with Gasteiger partial charge in [-0.25, -0.2) is 0 Å². The minimum absolute atomic E-state index is 0.0129. The number of carbonyl (C=O) groups is 1. The highest BCUT2D eigenvalue weighted by molar-refractivity contribution is 5.94. The van der Waals surface area contributed by atoms with Crippen molar-refractivity contribution in [2.75, 3.05) is 11.7 Å². The van der Waals surface area contributed by atoms with Crippen molar-refractivity contribution in [2.45, 2.75) is 13.0 Å². The van der Waals surface area contributed by atoms with Crippen molar-refractivity contribution in [3.8, 4) is 11.5 Å². The second-order valence-electron chi connectivity index (χ2n) is 6.04. The predicted molar refractivity (Wildman–Crippen MR) is 98.1 cm³/mol. The number of hydrogen-bond donors (Lipinski definition) is 0. The van der Waals surface area contributed by atoms with Crippen molar-refractivity contribution in [1.29, 1.82) is 0 Å². The van der Waals surface area contributed by atoms with Crippen molar-refractivity contribution >= 4 is 11.6 Å². The molecule has 2 heterocycles. The number of amides is 1. The van der Waals surface area contributed by atoms with E-state index in [1.165, 1.54) is 0 Å². The molecule has 3 aromatic rings. The molecule has 1 aliphatic heterocycles. The Kier molecular flexibility index (Phi) is 4.51. The number of rotatable bonds is 5. The zero-order valence-electron chi connectivity index (χ0n) is 14.2. The molecule has 0 spiro atoms. The summed E-state index contributed by atoms with van der Waals surface area (Å²) in [6.07, 6.45) is 3.79. The molecule has 130 valence electrons. The summed E-state index contributed by atoms with van der Waals surface area (Å²) in [4.78, 5) is 19.0. The summed E-state index contributed by atoms with van der Waals surface area (Å²) in [5.74, 6) is 1.42. The predicted octanol–water partition coefficient (Wildman–Crippen LogP) is 3.59. The van der Waals surface area contributed by atoms with E-state index in [-0.39, 0.29) is 19.1 Å². The van der Waals surface area contributed by atoms with Crippen LogP contribution < -0.4 is 14.4 Å². The molecule has 0 bridgehead atoms. The van der Waals surface area contributed by atoms with Crippen LogP contribution >= 0.6 is 0 Å². The van der Waals surface area contributed by atoms with Gasteiger partial charge in [0.25, 0.3) is 0 Å². The van der Waals surface area contributed by atoms with Crippen molar-refractivity contribution in [3.63, 3.8) is 0 Å². The van der Waals surface area contributed by atoms with Crippen molar-refractivity contribution < 1.29 is 14.3 Å². The molecule has 0 saturated carbocycles. The second-order valence-corrected chi connectivity index (χ2v) is 6.04. The number of fused-ring (bicyclic) bond motifs is 1. The van der Waals surface area contributed by atoms with Gasteiger partial charge in [0.2, 0.25) is 12.7 Å². The highest BCUT2D eigenvalue weighted by Crippen LogP contribution is 2.32. The number of benzene rings is 2. The standard InChI is InChI=1S/C21H18N2O3/c24-21(12-16-8-9-19-20(11-16)26-15-25-19)23(18-6-2-1-3-7-18)14-17-5-4-10-22-13-17/h1-11,13H,12,14-15H2. The Hall–Kier alpha value is -3.34. The van der Waals surface area contributed by atoms with Gasteiger partial charge in [-0.2, -0.15) is 0 Å². The van der Waals surface area contributed by atoms with Crippen LogP contribution in [0.25, 0.3) is 0 Å². The third-order valence-corrected chi connectivity index (χ3v) is 4.22. The van der Waals surface area contributed by atoms with Crippen LogP contribution in [0.2, 0.25) is 0 Å². The SMILES string of the molecule is O=C(Cc1ccc2c(c1)OCO2)N(Cc1cccnc1)c1ccccc1. The van der Waals surface area contributed by atoms with Crippen molar-refractivity contribution in [1.82, 2.24) is 4.98 Å². The van der Waals surface area contributed by atoms with E-state index in [4.69, 9.17) is 9.47 Å². The molecule has 1 amide bonds. The fourth-order valence-corrected chi connectivity index (χ4v) is 2.93.